The van der Waals surface area contributed by atoms with Gasteiger partial charge in [0.1, 0.15) is 12.1 Å². The molecule has 1 fully saturated rings. The maximum atomic E-state index is 13.5. The van der Waals surface area contributed by atoms with Crippen molar-refractivity contribution < 1.29 is 16.8 Å². The second kappa shape index (κ2) is 10.6. The summed E-state index contributed by atoms with van der Waals surface area (Å²) < 4.78 is 54.7. The molecule has 3 aromatic rings. The molecule has 2 aromatic carbocycles. The van der Waals surface area contributed by atoms with E-state index in [2.05, 4.69) is 31.5 Å². The molecule has 210 valence electrons. The number of aromatic nitrogens is 2. The van der Waals surface area contributed by atoms with Crippen molar-refractivity contribution in [2.45, 2.75) is 37.6 Å². The summed E-state index contributed by atoms with van der Waals surface area (Å²) in [6, 6.07) is 8.96. The molecule has 0 atom stereocenters. The van der Waals surface area contributed by atoms with Gasteiger partial charge in [-0.15, -0.1) is 0 Å². The number of nitrogens with zero attached hydrogens (tertiary/aromatic N) is 5. The van der Waals surface area contributed by atoms with Crippen LogP contribution in [-0.2, 0) is 33.0 Å². The van der Waals surface area contributed by atoms with E-state index in [1.165, 1.54) is 10.6 Å². The molecule has 0 unspecified atom stereocenters. The van der Waals surface area contributed by atoms with Crippen LogP contribution in [0.25, 0.3) is 10.9 Å². The Morgan fingerprint density at radius 3 is 2.49 bits per heavy atom. The SMILES string of the molecule is Cc1cc(NS(C)(=O)=O)cc2c(N3CCc4ccc(S(=O)(=O)N(C)CC5CCN(C)CC5)cc4C3)ncnc12. The first kappa shape index (κ1) is 27.8. The average molecular weight is 573 g/mol. The minimum atomic E-state index is -3.62. The molecule has 0 saturated carbocycles. The zero-order chi connectivity index (χ0) is 27.9. The highest BCUT2D eigenvalue weighted by molar-refractivity contribution is 7.92. The van der Waals surface area contributed by atoms with Gasteiger partial charge in [0, 0.05) is 37.8 Å². The minimum Gasteiger partial charge on any atom is -0.351 e. The number of anilines is 2. The molecule has 0 aliphatic carbocycles. The van der Waals surface area contributed by atoms with E-state index in [1.807, 2.05) is 13.0 Å². The summed E-state index contributed by atoms with van der Waals surface area (Å²) in [5, 5.41) is 0.744. The number of piperidine rings is 1. The molecule has 1 aromatic heterocycles. The molecule has 2 aliphatic heterocycles. The molecular weight excluding hydrogens is 536 g/mol. The molecule has 1 N–H and O–H groups in total. The van der Waals surface area contributed by atoms with E-state index in [4.69, 9.17) is 0 Å². The van der Waals surface area contributed by atoms with Gasteiger partial charge in [-0.25, -0.2) is 31.1 Å². The summed E-state index contributed by atoms with van der Waals surface area (Å²) in [6.45, 7) is 5.59. The number of hydrogen-bond donors (Lipinski definition) is 1. The van der Waals surface area contributed by atoms with Gasteiger partial charge in [0.25, 0.3) is 0 Å². The van der Waals surface area contributed by atoms with E-state index < -0.39 is 20.0 Å². The van der Waals surface area contributed by atoms with Crippen molar-refractivity contribution in [1.29, 1.82) is 0 Å². The van der Waals surface area contributed by atoms with Gasteiger partial charge in [-0.2, -0.15) is 0 Å². The second-order valence-electron chi connectivity index (χ2n) is 10.9. The monoisotopic (exact) mass is 572 g/mol. The smallest absolute Gasteiger partial charge is 0.242 e. The summed E-state index contributed by atoms with van der Waals surface area (Å²) in [4.78, 5) is 13.7. The zero-order valence-electron chi connectivity index (χ0n) is 22.9. The lowest BCUT2D eigenvalue weighted by Gasteiger charge is -2.32. The first-order valence-corrected chi connectivity index (χ1v) is 16.5. The van der Waals surface area contributed by atoms with Crippen LogP contribution in [0, 0.1) is 12.8 Å². The van der Waals surface area contributed by atoms with E-state index in [9.17, 15) is 16.8 Å². The number of sulfonamides is 2. The third-order valence-electron chi connectivity index (χ3n) is 7.76. The van der Waals surface area contributed by atoms with Crippen LogP contribution >= 0.6 is 0 Å². The molecule has 10 nitrogen and oxygen atoms in total. The largest absolute Gasteiger partial charge is 0.351 e. The van der Waals surface area contributed by atoms with Gasteiger partial charge >= 0.3 is 0 Å². The summed E-state index contributed by atoms with van der Waals surface area (Å²) >= 11 is 0. The van der Waals surface area contributed by atoms with Crippen molar-refractivity contribution in [1.82, 2.24) is 19.2 Å². The van der Waals surface area contributed by atoms with Crippen LogP contribution in [0.3, 0.4) is 0 Å². The minimum absolute atomic E-state index is 0.307. The van der Waals surface area contributed by atoms with Crippen molar-refractivity contribution in [3.05, 3.63) is 53.3 Å². The Kier molecular flexibility index (Phi) is 7.57. The predicted octanol–water partition coefficient (Wildman–Crippen LogP) is 2.83. The van der Waals surface area contributed by atoms with Gasteiger partial charge in [-0.1, -0.05) is 6.07 Å². The lowest BCUT2D eigenvalue weighted by atomic mass is 9.97. The molecule has 1 saturated heterocycles. The number of fused-ring (bicyclic) bond motifs is 2. The van der Waals surface area contributed by atoms with Crippen molar-refractivity contribution in [3.8, 4) is 0 Å². The summed E-state index contributed by atoms with van der Waals surface area (Å²) in [6.07, 6.45) is 5.38. The molecule has 0 spiro atoms. The van der Waals surface area contributed by atoms with E-state index in [0.717, 1.165) is 66.2 Å². The maximum Gasteiger partial charge on any atom is 0.242 e. The van der Waals surface area contributed by atoms with E-state index in [0.29, 0.717) is 42.0 Å². The second-order valence-corrected chi connectivity index (χ2v) is 14.7. The quantitative estimate of drug-likeness (QED) is 0.460. The lowest BCUT2D eigenvalue weighted by molar-refractivity contribution is 0.202. The van der Waals surface area contributed by atoms with Gasteiger partial charge < -0.3 is 9.80 Å². The molecule has 0 bridgehead atoms. The fourth-order valence-corrected chi connectivity index (χ4v) is 7.46. The lowest BCUT2D eigenvalue weighted by Crippen LogP contribution is -2.38. The van der Waals surface area contributed by atoms with Crippen LogP contribution < -0.4 is 9.62 Å². The Morgan fingerprint density at radius 2 is 1.77 bits per heavy atom. The van der Waals surface area contributed by atoms with Crippen molar-refractivity contribution in [3.63, 3.8) is 0 Å². The first-order valence-electron chi connectivity index (χ1n) is 13.2. The van der Waals surface area contributed by atoms with E-state index in [-0.39, 0.29) is 0 Å². The Balaban J connectivity index is 1.41. The summed E-state index contributed by atoms with van der Waals surface area (Å²) in [7, 11) is -3.29. The number of benzene rings is 2. The topological polar surface area (TPSA) is 116 Å². The van der Waals surface area contributed by atoms with Crippen molar-refractivity contribution in [2.24, 2.45) is 5.92 Å². The molecule has 39 heavy (non-hydrogen) atoms. The van der Waals surface area contributed by atoms with Crippen LogP contribution in [0.5, 0.6) is 0 Å². The Labute approximate surface area is 231 Å². The van der Waals surface area contributed by atoms with Gasteiger partial charge in [-0.3, -0.25) is 4.72 Å². The van der Waals surface area contributed by atoms with Gasteiger partial charge in [0.2, 0.25) is 20.0 Å². The number of nitrogens with one attached hydrogen (secondary N) is 1. The highest BCUT2D eigenvalue weighted by Crippen LogP contribution is 2.33. The molecule has 3 heterocycles. The van der Waals surface area contributed by atoms with E-state index in [1.54, 1.807) is 31.3 Å². The molecule has 2 aliphatic rings. The highest BCUT2D eigenvalue weighted by atomic mass is 32.2. The fourth-order valence-electron chi connectivity index (χ4n) is 5.62. The first-order chi connectivity index (χ1) is 18.4. The van der Waals surface area contributed by atoms with Gasteiger partial charge in [0.15, 0.2) is 0 Å². The normalized spacial score (nSPS) is 17.5. The molecule has 0 radical (unpaired) electrons. The number of hydrogen-bond acceptors (Lipinski definition) is 8. The number of rotatable bonds is 7. The summed E-state index contributed by atoms with van der Waals surface area (Å²) in [5.74, 6) is 1.06. The Morgan fingerprint density at radius 1 is 1.03 bits per heavy atom. The predicted molar refractivity (Wildman–Crippen MR) is 154 cm³/mol. The summed E-state index contributed by atoms with van der Waals surface area (Å²) in [5.41, 5.74) is 4.11. The molecule has 12 heteroatoms. The van der Waals surface area contributed by atoms with Crippen molar-refractivity contribution in [2.75, 3.05) is 56.2 Å². The number of likely N-dealkylation sites (tertiary alicyclic amines) is 1. The number of aryl methyl sites for hydroxylation is 1. The Hall–Kier alpha value is -2.80. The van der Waals surface area contributed by atoms with Gasteiger partial charge in [0.05, 0.1) is 16.7 Å². The van der Waals surface area contributed by atoms with Crippen LogP contribution in [0.4, 0.5) is 11.5 Å². The third-order valence-corrected chi connectivity index (χ3v) is 10.2. The molecular formula is C27H36N6O4S2. The Bertz CT molecular complexity index is 1600. The average Bonchev–Trinajstić information content (AvgIpc) is 2.88. The fraction of sp³-hybridized carbons (Fsp3) is 0.481. The molecule has 0 amide bonds. The van der Waals surface area contributed by atoms with Crippen molar-refractivity contribution >= 4 is 42.5 Å². The highest BCUT2D eigenvalue weighted by Gasteiger charge is 2.28. The third kappa shape index (κ3) is 6.03. The zero-order valence-corrected chi connectivity index (χ0v) is 24.5. The van der Waals surface area contributed by atoms with Crippen LogP contribution in [0.1, 0.15) is 29.5 Å². The maximum absolute atomic E-state index is 13.5. The van der Waals surface area contributed by atoms with Crippen LogP contribution in [0.2, 0.25) is 0 Å². The van der Waals surface area contributed by atoms with E-state index >= 15 is 0 Å². The van der Waals surface area contributed by atoms with Crippen LogP contribution in [-0.4, -0.2) is 82.5 Å². The standard InChI is InChI=1S/C27H36N6O4S2/c1-19-13-23(30-38(4,34)35)15-25-26(19)28-18-29-27(25)33-12-9-21-5-6-24(14-22(21)17-33)39(36,37)32(3)16-20-7-10-31(2)11-8-20/h5-6,13-15,18,20,30H,7-12,16-17H2,1-4H3. The van der Waals surface area contributed by atoms with Gasteiger partial charge in [-0.05, 0) is 93.2 Å². The van der Waals surface area contributed by atoms with Crippen LogP contribution in [0.15, 0.2) is 41.6 Å². The molecule has 5 rings (SSSR count).